The summed E-state index contributed by atoms with van der Waals surface area (Å²) in [5, 5.41) is 2.39. The third kappa shape index (κ3) is 1.22. The molecule has 0 bridgehead atoms. The summed E-state index contributed by atoms with van der Waals surface area (Å²) in [4.78, 5) is 0. The van der Waals surface area contributed by atoms with E-state index in [4.69, 9.17) is 9.47 Å². The average Bonchev–Trinajstić information content (AvgIpc) is 3.02. The van der Waals surface area contributed by atoms with E-state index in [2.05, 4.69) is 46.9 Å². The van der Waals surface area contributed by atoms with Gasteiger partial charge in [-0.05, 0) is 36.4 Å². The summed E-state index contributed by atoms with van der Waals surface area (Å²) < 4.78 is 13.1. The van der Waals surface area contributed by atoms with Gasteiger partial charge in [-0.15, -0.1) is 0 Å². The zero-order chi connectivity index (χ0) is 13.0. The molecule has 4 aromatic rings. The molecule has 0 saturated heterocycles. The fraction of sp³-hybridized carbons (Fsp3) is 0.125. The van der Waals surface area contributed by atoms with Gasteiger partial charge in [-0.25, -0.2) is 0 Å². The minimum Gasteiger partial charge on any atom is -0.493 e. The number of benzene rings is 1. The predicted molar refractivity (Wildman–Crippen MR) is 76.7 cm³/mol. The Bertz CT molecular complexity index is 869. The van der Waals surface area contributed by atoms with Gasteiger partial charge >= 0.3 is 0 Å². The summed E-state index contributed by atoms with van der Waals surface area (Å²) in [6.07, 6.45) is 0. The summed E-state index contributed by atoms with van der Waals surface area (Å²) in [7, 11) is 3.33. The highest BCUT2D eigenvalue weighted by atomic mass is 16.5. The van der Waals surface area contributed by atoms with Crippen molar-refractivity contribution in [3.63, 3.8) is 0 Å². The molecule has 0 aliphatic rings. The normalized spacial score (nSPS) is 11.7. The third-order valence-electron chi connectivity index (χ3n) is 3.75. The van der Waals surface area contributed by atoms with Gasteiger partial charge in [0.1, 0.15) is 0 Å². The van der Waals surface area contributed by atoms with Crippen molar-refractivity contribution in [1.82, 2.24) is 4.40 Å². The van der Waals surface area contributed by atoms with Crippen LogP contribution < -0.4 is 9.47 Å². The molecule has 3 heterocycles. The van der Waals surface area contributed by atoms with E-state index in [0.29, 0.717) is 0 Å². The molecule has 0 aliphatic carbocycles. The van der Waals surface area contributed by atoms with Crippen molar-refractivity contribution in [2.75, 3.05) is 14.2 Å². The zero-order valence-corrected chi connectivity index (χ0v) is 10.8. The minimum atomic E-state index is 0.768. The lowest BCUT2D eigenvalue weighted by molar-refractivity contribution is 0.356. The largest absolute Gasteiger partial charge is 0.493 e. The Morgan fingerprint density at radius 2 is 1.42 bits per heavy atom. The van der Waals surface area contributed by atoms with Crippen LogP contribution in [0.5, 0.6) is 11.5 Å². The number of methoxy groups -OCH3 is 2. The highest BCUT2D eigenvalue weighted by molar-refractivity contribution is 6.11. The topological polar surface area (TPSA) is 22.9 Å². The molecule has 0 radical (unpaired) electrons. The number of aromatic nitrogens is 1. The molecular weight excluding hydrogens is 238 g/mol. The Balaban J connectivity index is 2.27. The average molecular weight is 251 g/mol. The molecule has 1 aromatic carbocycles. The quantitative estimate of drug-likeness (QED) is 0.542. The van der Waals surface area contributed by atoms with Crippen molar-refractivity contribution < 1.29 is 9.47 Å². The molecule has 0 fully saturated rings. The van der Waals surface area contributed by atoms with Crippen LogP contribution in [0.15, 0.2) is 42.5 Å². The van der Waals surface area contributed by atoms with Gasteiger partial charge in [0.15, 0.2) is 11.5 Å². The van der Waals surface area contributed by atoms with Crippen LogP contribution in [0.4, 0.5) is 0 Å². The first-order valence-corrected chi connectivity index (χ1v) is 6.20. The van der Waals surface area contributed by atoms with Crippen LogP contribution in [0.2, 0.25) is 0 Å². The fourth-order valence-electron chi connectivity index (χ4n) is 2.89. The Morgan fingerprint density at radius 1 is 0.789 bits per heavy atom. The van der Waals surface area contributed by atoms with E-state index in [1.165, 1.54) is 27.3 Å². The second-order valence-electron chi connectivity index (χ2n) is 4.64. The summed E-state index contributed by atoms with van der Waals surface area (Å²) in [6.45, 7) is 0. The molecule has 3 nitrogen and oxygen atoms in total. The summed E-state index contributed by atoms with van der Waals surface area (Å²) in [5.74, 6) is 1.54. The lowest BCUT2D eigenvalue weighted by Gasteiger charge is -2.07. The van der Waals surface area contributed by atoms with Crippen molar-refractivity contribution in [2.24, 2.45) is 0 Å². The Morgan fingerprint density at radius 3 is 2.05 bits per heavy atom. The van der Waals surface area contributed by atoms with Gasteiger partial charge in [0.2, 0.25) is 0 Å². The predicted octanol–water partition coefficient (Wildman–Crippen LogP) is 3.70. The molecule has 0 amide bonds. The van der Waals surface area contributed by atoms with E-state index in [9.17, 15) is 0 Å². The molecule has 3 heteroatoms. The maximum atomic E-state index is 5.40. The molecule has 3 aromatic heterocycles. The second-order valence-corrected chi connectivity index (χ2v) is 4.64. The van der Waals surface area contributed by atoms with Crippen molar-refractivity contribution in [3.05, 3.63) is 42.5 Å². The second kappa shape index (κ2) is 3.54. The standard InChI is InChI=1S/C16H13NO2/c1-18-15-8-11-12(9-16(15)19-2)14-7-6-10-4-3-5-13(11)17(10)14/h3-9H,1-2H3. The number of fused-ring (bicyclic) bond motifs is 3. The van der Waals surface area contributed by atoms with Crippen molar-refractivity contribution in [2.45, 2.75) is 0 Å². The number of hydrogen-bond donors (Lipinski definition) is 0. The summed E-state index contributed by atoms with van der Waals surface area (Å²) in [6, 6.07) is 14.7. The maximum Gasteiger partial charge on any atom is 0.161 e. The zero-order valence-electron chi connectivity index (χ0n) is 10.8. The molecule has 0 saturated carbocycles. The Hall–Kier alpha value is -2.42. The van der Waals surface area contributed by atoms with Gasteiger partial charge in [-0.1, -0.05) is 6.07 Å². The molecule has 0 spiro atoms. The van der Waals surface area contributed by atoms with Crippen LogP contribution in [-0.4, -0.2) is 18.6 Å². The van der Waals surface area contributed by atoms with Gasteiger partial charge in [0.25, 0.3) is 0 Å². The molecule has 0 aliphatic heterocycles. The maximum absolute atomic E-state index is 5.40. The number of nitrogens with zero attached hydrogens (tertiary/aromatic N) is 1. The number of ether oxygens (including phenoxy) is 2. The summed E-state index contributed by atoms with van der Waals surface area (Å²) >= 11 is 0. The molecule has 19 heavy (non-hydrogen) atoms. The molecule has 4 rings (SSSR count). The van der Waals surface area contributed by atoms with Crippen LogP contribution in [0, 0.1) is 0 Å². The number of hydrogen-bond acceptors (Lipinski definition) is 2. The third-order valence-corrected chi connectivity index (χ3v) is 3.75. The van der Waals surface area contributed by atoms with Crippen molar-refractivity contribution in [3.8, 4) is 11.5 Å². The van der Waals surface area contributed by atoms with Gasteiger partial charge in [0, 0.05) is 16.3 Å². The van der Waals surface area contributed by atoms with Crippen LogP contribution in [0.3, 0.4) is 0 Å². The smallest absolute Gasteiger partial charge is 0.161 e. The van der Waals surface area contributed by atoms with Gasteiger partial charge < -0.3 is 13.9 Å². The van der Waals surface area contributed by atoms with E-state index in [-0.39, 0.29) is 0 Å². The van der Waals surface area contributed by atoms with E-state index < -0.39 is 0 Å². The SMILES string of the molecule is COc1cc2c(cc1OC)c1ccc3cccc2n31. The molecular formula is C16H13NO2. The first kappa shape index (κ1) is 10.5. The number of rotatable bonds is 2. The molecule has 0 N–H and O–H groups in total. The van der Waals surface area contributed by atoms with Crippen LogP contribution in [0.25, 0.3) is 27.3 Å². The molecule has 0 unspecified atom stereocenters. The first-order chi connectivity index (χ1) is 9.33. The van der Waals surface area contributed by atoms with E-state index in [0.717, 1.165) is 11.5 Å². The van der Waals surface area contributed by atoms with Crippen LogP contribution in [-0.2, 0) is 0 Å². The first-order valence-electron chi connectivity index (χ1n) is 6.20. The van der Waals surface area contributed by atoms with E-state index in [1.807, 2.05) is 0 Å². The Kier molecular flexibility index (Phi) is 1.96. The monoisotopic (exact) mass is 251 g/mol. The van der Waals surface area contributed by atoms with Crippen molar-refractivity contribution >= 4 is 27.3 Å². The lowest BCUT2D eigenvalue weighted by atomic mass is 10.1. The minimum absolute atomic E-state index is 0.768. The number of pyridine rings is 1. The molecule has 94 valence electrons. The lowest BCUT2D eigenvalue weighted by Crippen LogP contribution is -1.89. The van der Waals surface area contributed by atoms with Crippen LogP contribution >= 0.6 is 0 Å². The highest BCUT2D eigenvalue weighted by Gasteiger charge is 2.14. The Labute approximate surface area is 110 Å². The van der Waals surface area contributed by atoms with Gasteiger partial charge in [-0.3, -0.25) is 0 Å². The van der Waals surface area contributed by atoms with Crippen molar-refractivity contribution in [1.29, 1.82) is 0 Å². The summed E-state index contributed by atoms with van der Waals surface area (Å²) in [5.41, 5.74) is 3.62. The van der Waals surface area contributed by atoms with Gasteiger partial charge in [0.05, 0.1) is 25.3 Å². The fourth-order valence-corrected chi connectivity index (χ4v) is 2.89. The highest BCUT2D eigenvalue weighted by Crippen LogP contribution is 2.38. The van der Waals surface area contributed by atoms with E-state index >= 15 is 0 Å². The van der Waals surface area contributed by atoms with Gasteiger partial charge in [-0.2, -0.15) is 0 Å². The van der Waals surface area contributed by atoms with Crippen LogP contribution in [0.1, 0.15) is 0 Å². The van der Waals surface area contributed by atoms with E-state index in [1.54, 1.807) is 14.2 Å². The molecule has 0 atom stereocenters.